The highest BCUT2D eigenvalue weighted by Crippen LogP contribution is 2.24. The van der Waals surface area contributed by atoms with Crippen molar-refractivity contribution in [3.8, 4) is 5.75 Å². The van der Waals surface area contributed by atoms with Crippen molar-refractivity contribution in [2.45, 2.75) is 0 Å². The zero-order valence-corrected chi connectivity index (χ0v) is 9.44. The van der Waals surface area contributed by atoms with Crippen molar-refractivity contribution in [3.05, 3.63) is 30.2 Å². The van der Waals surface area contributed by atoms with Gasteiger partial charge in [-0.05, 0) is 24.3 Å². The molecule has 0 bridgehead atoms. The summed E-state index contributed by atoms with van der Waals surface area (Å²) < 4.78 is 20.1. The van der Waals surface area contributed by atoms with E-state index in [0.29, 0.717) is 11.0 Å². The lowest BCUT2D eigenvalue weighted by Crippen LogP contribution is -1.92. The smallest absolute Gasteiger partial charge is 0.242 e. The Morgan fingerprint density at radius 3 is 2.88 bits per heavy atom. The Kier molecular flexibility index (Phi) is 2.01. The first-order valence-corrected chi connectivity index (χ1v) is 5.16. The van der Waals surface area contributed by atoms with Crippen molar-refractivity contribution < 1.29 is 9.13 Å². The minimum absolute atomic E-state index is 0.424. The van der Waals surface area contributed by atoms with Crippen LogP contribution in [0.15, 0.2) is 24.3 Å². The monoisotopic (exact) mass is 231 g/mol. The van der Waals surface area contributed by atoms with Gasteiger partial charge >= 0.3 is 0 Å². The summed E-state index contributed by atoms with van der Waals surface area (Å²) in [6, 6.07) is 7.24. The van der Waals surface area contributed by atoms with Gasteiger partial charge in [0.2, 0.25) is 5.95 Å². The van der Waals surface area contributed by atoms with Crippen molar-refractivity contribution in [3.63, 3.8) is 0 Å². The fraction of sp³-hybridized carbons (Fsp3) is 0.167. The summed E-state index contributed by atoms with van der Waals surface area (Å²) in [5.74, 6) is 0.225. The highest BCUT2D eigenvalue weighted by atomic mass is 19.1. The minimum Gasteiger partial charge on any atom is -0.497 e. The molecule has 5 heteroatoms. The van der Waals surface area contributed by atoms with E-state index in [9.17, 15) is 4.39 Å². The van der Waals surface area contributed by atoms with Crippen LogP contribution < -0.4 is 4.74 Å². The van der Waals surface area contributed by atoms with Gasteiger partial charge in [-0.1, -0.05) is 0 Å². The average molecular weight is 231 g/mol. The van der Waals surface area contributed by atoms with Gasteiger partial charge in [0.05, 0.1) is 18.0 Å². The van der Waals surface area contributed by atoms with Crippen molar-refractivity contribution in [1.29, 1.82) is 0 Å². The fourth-order valence-electron chi connectivity index (χ4n) is 1.90. The molecule has 2 aromatic heterocycles. The molecule has 0 N–H and O–H groups in total. The molecule has 0 saturated heterocycles. The lowest BCUT2D eigenvalue weighted by molar-refractivity contribution is 0.415. The van der Waals surface area contributed by atoms with Crippen molar-refractivity contribution in [2.24, 2.45) is 7.05 Å². The number of benzene rings is 1. The van der Waals surface area contributed by atoms with Crippen LogP contribution in [-0.2, 0) is 7.05 Å². The first-order chi connectivity index (χ1) is 8.19. The molecule has 0 radical (unpaired) electrons. The fourth-order valence-corrected chi connectivity index (χ4v) is 1.90. The molecule has 4 nitrogen and oxygen atoms in total. The summed E-state index contributed by atoms with van der Waals surface area (Å²) in [5, 5.41) is 4.97. The van der Waals surface area contributed by atoms with Crippen molar-refractivity contribution in [1.82, 2.24) is 14.8 Å². The Labute approximate surface area is 96.6 Å². The minimum atomic E-state index is -0.500. The highest BCUT2D eigenvalue weighted by Gasteiger charge is 2.10. The molecule has 1 aromatic carbocycles. The molecule has 0 aliphatic rings. The summed E-state index contributed by atoms with van der Waals surface area (Å²) >= 11 is 0. The van der Waals surface area contributed by atoms with Crippen LogP contribution in [0.4, 0.5) is 4.39 Å². The molecule has 0 aliphatic heterocycles. The number of halogens is 1. The number of pyridine rings is 1. The Balaban J connectivity index is 2.41. The van der Waals surface area contributed by atoms with Crippen LogP contribution >= 0.6 is 0 Å². The molecule has 3 aromatic rings. The second-order valence-corrected chi connectivity index (χ2v) is 3.83. The SMILES string of the molecule is COc1ccc2nc3c(cc2c1)c(F)nn3C. The first-order valence-electron chi connectivity index (χ1n) is 5.16. The molecule has 0 amide bonds. The van der Waals surface area contributed by atoms with E-state index in [4.69, 9.17) is 4.74 Å². The Morgan fingerprint density at radius 1 is 1.29 bits per heavy atom. The quantitative estimate of drug-likeness (QED) is 0.645. The predicted molar refractivity (Wildman–Crippen MR) is 62.5 cm³/mol. The molecule has 0 unspecified atom stereocenters. The molecular weight excluding hydrogens is 221 g/mol. The van der Waals surface area contributed by atoms with Gasteiger partial charge in [-0.3, -0.25) is 0 Å². The summed E-state index contributed by atoms with van der Waals surface area (Å²) in [6.07, 6.45) is 0. The van der Waals surface area contributed by atoms with Gasteiger partial charge in [-0.2, -0.15) is 4.39 Å². The van der Waals surface area contributed by atoms with E-state index in [1.165, 1.54) is 4.68 Å². The second kappa shape index (κ2) is 3.41. The van der Waals surface area contributed by atoms with Crippen LogP contribution in [0.1, 0.15) is 0 Å². The van der Waals surface area contributed by atoms with Crippen molar-refractivity contribution in [2.75, 3.05) is 7.11 Å². The van der Waals surface area contributed by atoms with Gasteiger partial charge in [0, 0.05) is 12.4 Å². The van der Waals surface area contributed by atoms with Gasteiger partial charge in [0.15, 0.2) is 5.65 Å². The summed E-state index contributed by atoms with van der Waals surface area (Å²) in [4.78, 5) is 4.38. The summed E-state index contributed by atoms with van der Waals surface area (Å²) in [5.41, 5.74) is 1.33. The number of rotatable bonds is 1. The molecule has 0 atom stereocenters. The number of hydrogen-bond donors (Lipinski definition) is 0. The maximum absolute atomic E-state index is 13.5. The van der Waals surface area contributed by atoms with E-state index >= 15 is 0 Å². The summed E-state index contributed by atoms with van der Waals surface area (Å²) in [6.45, 7) is 0. The number of ether oxygens (including phenoxy) is 1. The zero-order chi connectivity index (χ0) is 12.0. The third-order valence-electron chi connectivity index (χ3n) is 2.77. The third-order valence-corrected chi connectivity index (χ3v) is 2.77. The van der Waals surface area contributed by atoms with Crippen LogP contribution in [-0.4, -0.2) is 21.9 Å². The number of aryl methyl sites for hydroxylation is 1. The van der Waals surface area contributed by atoms with Gasteiger partial charge in [0.25, 0.3) is 0 Å². The van der Waals surface area contributed by atoms with E-state index in [0.717, 1.165) is 16.7 Å². The van der Waals surface area contributed by atoms with Gasteiger partial charge in [0.1, 0.15) is 5.75 Å². The Bertz CT molecular complexity index is 720. The molecule has 86 valence electrons. The van der Waals surface area contributed by atoms with E-state index in [1.54, 1.807) is 20.2 Å². The average Bonchev–Trinajstić information content (AvgIpc) is 2.62. The number of nitrogens with zero attached hydrogens (tertiary/aromatic N) is 3. The van der Waals surface area contributed by atoms with E-state index in [2.05, 4.69) is 10.1 Å². The number of methoxy groups -OCH3 is 1. The number of hydrogen-bond acceptors (Lipinski definition) is 3. The summed E-state index contributed by atoms with van der Waals surface area (Å²) in [7, 11) is 3.27. The van der Waals surface area contributed by atoms with Gasteiger partial charge in [-0.15, -0.1) is 5.10 Å². The van der Waals surface area contributed by atoms with Crippen LogP contribution in [0.2, 0.25) is 0 Å². The molecule has 3 rings (SSSR count). The molecule has 0 saturated carbocycles. The predicted octanol–water partition coefficient (Wildman–Crippen LogP) is 2.27. The molecular formula is C12H10FN3O. The molecule has 17 heavy (non-hydrogen) atoms. The second-order valence-electron chi connectivity index (χ2n) is 3.83. The Morgan fingerprint density at radius 2 is 2.12 bits per heavy atom. The zero-order valence-electron chi connectivity index (χ0n) is 9.44. The first kappa shape index (κ1) is 10.0. The lowest BCUT2D eigenvalue weighted by atomic mass is 10.2. The molecule has 2 heterocycles. The van der Waals surface area contributed by atoms with Gasteiger partial charge in [-0.25, -0.2) is 9.67 Å². The third kappa shape index (κ3) is 1.43. The highest BCUT2D eigenvalue weighted by molar-refractivity contribution is 5.91. The maximum atomic E-state index is 13.5. The Hall–Kier alpha value is -2.17. The molecule has 0 aliphatic carbocycles. The van der Waals surface area contributed by atoms with E-state index in [-0.39, 0.29) is 0 Å². The van der Waals surface area contributed by atoms with E-state index in [1.807, 2.05) is 18.2 Å². The number of fused-ring (bicyclic) bond motifs is 2. The normalized spacial score (nSPS) is 11.2. The van der Waals surface area contributed by atoms with Crippen LogP contribution in [0, 0.1) is 5.95 Å². The van der Waals surface area contributed by atoms with E-state index < -0.39 is 5.95 Å². The van der Waals surface area contributed by atoms with Crippen LogP contribution in [0.25, 0.3) is 21.9 Å². The van der Waals surface area contributed by atoms with Crippen LogP contribution in [0.3, 0.4) is 0 Å². The molecule has 0 fully saturated rings. The van der Waals surface area contributed by atoms with Crippen molar-refractivity contribution >= 4 is 21.9 Å². The van der Waals surface area contributed by atoms with Crippen LogP contribution in [0.5, 0.6) is 5.75 Å². The standard InChI is InChI=1S/C12H10FN3O/c1-16-12-9(11(13)15-16)6-7-5-8(17-2)3-4-10(7)14-12/h3-6H,1-2H3. The lowest BCUT2D eigenvalue weighted by Gasteiger charge is -2.02. The number of aromatic nitrogens is 3. The molecule has 0 spiro atoms. The topological polar surface area (TPSA) is 39.9 Å². The largest absolute Gasteiger partial charge is 0.497 e. The van der Waals surface area contributed by atoms with Gasteiger partial charge < -0.3 is 4.74 Å². The maximum Gasteiger partial charge on any atom is 0.242 e.